The second-order valence-corrected chi connectivity index (χ2v) is 4.94. The molecule has 2 rings (SSSR count). The summed E-state index contributed by atoms with van der Waals surface area (Å²) in [6.07, 6.45) is 3.32. The standard InChI is InChI=1S/C14H22N2O/c15-13(11-17)10-12-6-8-16(9-7-12)14-4-2-1-3-5-14/h1-5,12-13,17H,6-11,15H2/t13-/m1/s1. The lowest BCUT2D eigenvalue weighted by atomic mass is 9.90. The molecule has 0 amide bonds. The van der Waals surface area contributed by atoms with E-state index in [9.17, 15) is 0 Å². The first-order valence-corrected chi connectivity index (χ1v) is 6.46. The van der Waals surface area contributed by atoms with Gasteiger partial charge in [-0.25, -0.2) is 0 Å². The summed E-state index contributed by atoms with van der Waals surface area (Å²) in [4.78, 5) is 2.43. The van der Waals surface area contributed by atoms with E-state index in [0.29, 0.717) is 5.92 Å². The van der Waals surface area contributed by atoms with Gasteiger partial charge in [0.05, 0.1) is 6.61 Å². The lowest BCUT2D eigenvalue weighted by Gasteiger charge is -2.34. The average molecular weight is 234 g/mol. The minimum absolute atomic E-state index is 0.0386. The largest absolute Gasteiger partial charge is 0.395 e. The summed E-state index contributed by atoms with van der Waals surface area (Å²) in [6.45, 7) is 2.32. The highest BCUT2D eigenvalue weighted by molar-refractivity contribution is 5.46. The Morgan fingerprint density at radius 3 is 2.47 bits per heavy atom. The number of aliphatic hydroxyl groups excluding tert-OH is 1. The molecule has 0 bridgehead atoms. The number of para-hydroxylation sites is 1. The SMILES string of the molecule is N[C@@H](CO)CC1CCN(c2ccccc2)CC1. The fraction of sp³-hybridized carbons (Fsp3) is 0.571. The number of aliphatic hydroxyl groups is 1. The molecule has 3 heteroatoms. The molecule has 1 aromatic carbocycles. The van der Waals surface area contributed by atoms with Gasteiger partial charge in [0.15, 0.2) is 0 Å². The van der Waals surface area contributed by atoms with E-state index in [1.807, 2.05) is 0 Å². The number of piperidine rings is 1. The van der Waals surface area contributed by atoms with Crippen LogP contribution >= 0.6 is 0 Å². The van der Waals surface area contributed by atoms with Gasteiger partial charge in [0, 0.05) is 24.8 Å². The zero-order valence-corrected chi connectivity index (χ0v) is 10.3. The van der Waals surface area contributed by atoms with Gasteiger partial charge in [-0.3, -0.25) is 0 Å². The van der Waals surface area contributed by atoms with Crippen LogP contribution in [0.3, 0.4) is 0 Å². The van der Waals surface area contributed by atoms with Crippen LogP contribution in [0.2, 0.25) is 0 Å². The fourth-order valence-corrected chi connectivity index (χ4v) is 2.57. The van der Waals surface area contributed by atoms with E-state index in [1.165, 1.54) is 18.5 Å². The molecule has 1 aromatic rings. The zero-order valence-electron chi connectivity index (χ0n) is 10.3. The van der Waals surface area contributed by atoms with E-state index >= 15 is 0 Å². The highest BCUT2D eigenvalue weighted by atomic mass is 16.3. The van der Waals surface area contributed by atoms with E-state index in [4.69, 9.17) is 10.8 Å². The maximum atomic E-state index is 8.96. The molecule has 0 aliphatic carbocycles. The highest BCUT2D eigenvalue weighted by Gasteiger charge is 2.20. The van der Waals surface area contributed by atoms with Gasteiger partial charge < -0.3 is 15.7 Å². The molecule has 1 fully saturated rings. The summed E-state index contributed by atoms with van der Waals surface area (Å²) in [5, 5.41) is 8.96. The molecule has 0 aromatic heterocycles. The molecule has 3 N–H and O–H groups in total. The van der Waals surface area contributed by atoms with Crippen molar-refractivity contribution >= 4 is 5.69 Å². The van der Waals surface area contributed by atoms with Gasteiger partial charge in [-0.1, -0.05) is 18.2 Å². The van der Waals surface area contributed by atoms with Crippen molar-refractivity contribution in [2.45, 2.75) is 25.3 Å². The number of hydrogen-bond donors (Lipinski definition) is 2. The van der Waals surface area contributed by atoms with E-state index in [-0.39, 0.29) is 12.6 Å². The Morgan fingerprint density at radius 2 is 1.88 bits per heavy atom. The third kappa shape index (κ3) is 3.45. The highest BCUT2D eigenvalue weighted by Crippen LogP contribution is 2.25. The molecule has 1 aliphatic rings. The van der Waals surface area contributed by atoms with Crippen molar-refractivity contribution in [1.82, 2.24) is 0 Å². The van der Waals surface area contributed by atoms with Crippen molar-refractivity contribution in [3.63, 3.8) is 0 Å². The van der Waals surface area contributed by atoms with Gasteiger partial charge >= 0.3 is 0 Å². The van der Waals surface area contributed by atoms with Crippen molar-refractivity contribution in [2.24, 2.45) is 11.7 Å². The van der Waals surface area contributed by atoms with Crippen LogP contribution in [-0.4, -0.2) is 30.8 Å². The third-order valence-electron chi connectivity index (χ3n) is 3.61. The summed E-state index contributed by atoms with van der Waals surface area (Å²) in [7, 11) is 0. The number of hydrogen-bond acceptors (Lipinski definition) is 3. The van der Waals surface area contributed by atoms with E-state index in [2.05, 4.69) is 35.2 Å². The normalized spacial score (nSPS) is 19.3. The third-order valence-corrected chi connectivity index (χ3v) is 3.61. The molecule has 0 radical (unpaired) electrons. The molecular formula is C14H22N2O. The van der Waals surface area contributed by atoms with Crippen LogP contribution in [0.15, 0.2) is 30.3 Å². The summed E-state index contributed by atoms with van der Waals surface area (Å²) in [6, 6.07) is 10.5. The van der Waals surface area contributed by atoms with E-state index in [0.717, 1.165) is 19.5 Å². The molecule has 94 valence electrons. The molecule has 1 heterocycles. The van der Waals surface area contributed by atoms with E-state index < -0.39 is 0 Å². The molecule has 3 nitrogen and oxygen atoms in total. The van der Waals surface area contributed by atoms with Gasteiger partial charge in [-0.05, 0) is 37.3 Å². The molecule has 0 spiro atoms. The first-order valence-electron chi connectivity index (χ1n) is 6.46. The summed E-state index contributed by atoms with van der Waals surface area (Å²) in [5.41, 5.74) is 7.10. The second-order valence-electron chi connectivity index (χ2n) is 4.94. The van der Waals surface area contributed by atoms with Crippen LogP contribution in [0.4, 0.5) is 5.69 Å². The van der Waals surface area contributed by atoms with Crippen LogP contribution in [0.1, 0.15) is 19.3 Å². The Labute approximate surface area is 103 Å². The Kier molecular flexibility index (Phi) is 4.40. The second kappa shape index (κ2) is 6.03. The van der Waals surface area contributed by atoms with Gasteiger partial charge in [-0.2, -0.15) is 0 Å². The minimum Gasteiger partial charge on any atom is -0.395 e. The number of benzene rings is 1. The van der Waals surface area contributed by atoms with Gasteiger partial charge in [0.2, 0.25) is 0 Å². The molecule has 17 heavy (non-hydrogen) atoms. The number of nitrogens with zero attached hydrogens (tertiary/aromatic N) is 1. The van der Waals surface area contributed by atoms with E-state index in [1.54, 1.807) is 0 Å². The van der Waals surface area contributed by atoms with Gasteiger partial charge in [0.1, 0.15) is 0 Å². The van der Waals surface area contributed by atoms with Crippen LogP contribution in [0.25, 0.3) is 0 Å². The smallest absolute Gasteiger partial charge is 0.0582 e. The fourth-order valence-electron chi connectivity index (χ4n) is 2.57. The lowest BCUT2D eigenvalue weighted by molar-refractivity contribution is 0.234. The molecule has 1 aliphatic heterocycles. The van der Waals surface area contributed by atoms with Gasteiger partial charge in [0.25, 0.3) is 0 Å². The Morgan fingerprint density at radius 1 is 1.24 bits per heavy atom. The van der Waals surface area contributed by atoms with Crippen molar-refractivity contribution in [2.75, 3.05) is 24.6 Å². The van der Waals surface area contributed by atoms with Crippen molar-refractivity contribution in [3.05, 3.63) is 30.3 Å². The maximum Gasteiger partial charge on any atom is 0.0582 e. The molecule has 1 saturated heterocycles. The van der Waals surface area contributed by atoms with Crippen LogP contribution in [-0.2, 0) is 0 Å². The van der Waals surface area contributed by atoms with Crippen LogP contribution < -0.4 is 10.6 Å². The molecule has 0 saturated carbocycles. The maximum absolute atomic E-state index is 8.96. The number of anilines is 1. The predicted octanol–water partition coefficient (Wildman–Crippen LogP) is 1.61. The van der Waals surface area contributed by atoms with Crippen LogP contribution in [0.5, 0.6) is 0 Å². The monoisotopic (exact) mass is 234 g/mol. The molecule has 1 atom stereocenters. The Hall–Kier alpha value is -1.06. The summed E-state index contributed by atoms with van der Waals surface area (Å²) in [5.74, 6) is 0.678. The quantitative estimate of drug-likeness (QED) is 0.832. The zero-order chi connectivity index (χ0) is 12.1. The number of nitrogens with two attached hydrogens (primary N) is 1. The van der Waals surface area contributed by atoms with Gasteiger partial charge in [-0.15, -0.1) is 0 Å². The number of rotatable bonds is 4. The topological polar surface area (TPSA) is 49.5 Å². The Balaban J connectivity index is 1.82. The van der Waals surface area contributed by atoms with Crippen LogP contribution in [0, 0.1) is 5.92 Å². The molecule has 0 unspecified atom stereocenters. The molecular weight excluding hydrogens is 212 g/mol. The summed E-state index contributed by atoms with van der Waals surface area (Å²) >= 11 is 0. The lowest BCUT2D eigenvalue weighted by Crippen LogP contribution is -2.36. The van der Waals surface area contributed by atoms with Crippen molar-refractivity contribution < 1.29 is 5.11 Å². The van der Waals surface area contributed by atoms with Crippen molar-refractivity contribution in [3.8, 4) is 0 Å². The first-order chi connectivity index (χ1) is 8.29. The van der Waals surface area contributed by atoms with Crippen molar-refractivity contribution in [1.29, 1.82) is 0 Å². The summed E-state index contributed by atoms with van der Waals surface area (Å²) < 4.78 is 0. The Bertz CT molecular complexity index is 320. The average Bonchev–Trinajstić information content (AvgIpc) is 2.40. The first kappa shape index (κ1) is 12.4. The minimum atomic E-state index is -0.0386. The predicted molar refractivity (Wildman–Crippen MR) is 71.1 cm³/mol.